The fourth-order valence-electron chi connectivity index (χ4n) is 0.392. The van der Waals surface area contributed by atoms with Gasteiger partial charge in [-0.05, 0) is 5.92 Å². The first-order valence-corrected chi connectivity index (χ1v) is 3.36. The summed E-state index contributed by atoms with van der Waals surface area (Å²) in [5.41, 5.74) is 2.11. The van der Waals surface area contributed by atoms with E-state index >= 15 is 0 Å². The second-order valence-electron chi connectivity index (χ2n) is 1.43. The maximum Gasteiger partial charge on any atom is 0.382 e. The summed E-state index contributed by atoms with van der Waals surface area (Å²) in [5, 5.41) is 9.80. The average Bonchev–Trinajstić information content (AvgIpc) is 2.34. The fraction of sp³-hybridized carbons (Fsp3) is 0. The lowest BCUT2D eigenvalue weighted by Gasteiger charge is -1.71. The molecule has 0 bridgehead atoms. The van der Waals surface area contributed by atoms with Crippen molar-refractivity contribution in [1.82, 2.24) is 4.98 Å². The molecule has 0 aliphatic rings. The maximum atomic E-state index is 9.90. The fourth-order valence-corrected chi connectivity index (χ4v) is 0.876. The molecule has 3 nitrogen and oxygen atoms in total. The lowest BCUT2D eigenvalue weighted by Crippen LogP contribution is -1.86. The van der Waals surface area contributed by atoms with Crippen LogP contribution in [0.4, 0.5) is 0 Å². The molecule has 0 aromatic carbocycles. The lowest BCUT2D eigenvalue weighted by molar-refractivity contribution is -0.130. The maximum absolute atomic E-state index is 9.90. The molecule has 0 aliphatic carbocycles. The monoisotopic (exact) mass is 153 g/mol. The first-order chi connectivity index (χ1) is 4.79. The molecule has 50 valence electrons. The minimum absolute atomic E-state index is 0.507. The van der Waals surface area contributed by atoms with Gasteiger partial charge in [0.1, 0.15) is 5.69 Å². The van der Waals surface area contributed by atoms with Gasteiger partial charge in [-0.3, -0.25) is 0 Å². The number of aliphatic carboxylic acids is 1. The number of carbonyl (C=O) groups is 1. The van der Waals surface area contributed by atoms with Crippen molar-refractivity contribution in [3.05, 3.63) is 16.6 Å². The van der Waals surface area contributed by atoms with Crippen LogP contribution < -0.4 is 0 Å². The van der Waals surface area contributed by atoms with Crippen molar-refractivity contribution in [3.8, 4) is 11.8 Å². The van der Waals surface area contributed by atoms with Gasteiger partial charge in [0.25, 0.3) is 0 Å². The molecule has 0 aliphatic heterocycles. The van der Waals surface area contributed by atoms with Crippen LogP contribution in [0.2, 0.25) is 0 Å². The first-order valence-electron chi connectivity index (χ1n) is 2.42. The minimum atomic E-state index is -1.13. The zero-order chi connectivity index (χ0) is 7.40. The number of nitrogens with zero attached hydrogens (tertiary/aromatic N) is 1. The van der Waals surface area contributed by atoms with Gasteiger partial charge in [0.05, 0.1) is 5.51 Å². The van der Waals surface area contributed by atoms with E-state index in [1.165, 1.54) is 11.3 Å². The van der Waals surface area contributed by atoms with E-state index in [4.69, 9.17) is 5.11 Å². The Kier molecular flexibility index (Phi) is 2.03. The molecule has 1 N–H and O–H groups in total. The van der Waals surface area contributed by atoms with E-state index in [0.29, 0.717) is 5.69 Å². The van der Waals surface area contributed by atoms with E-state index in [-0.39, 0.29) is 0 Å². The Labute approximate surface area is 61.3 Å². The summed E-state index contributed by atoms with van der Waals surface area (Å²) in [4.78, 5) is 13.7. The van der Waals surface area contributed by atoms with E-state index in [1.54, 1.807) is 10.9 Å². The normalized spacial score (nSPS) is 8.00. The number of hydrogen-bond acceptors (Lipinski definition) is 3. The third-order valence-corrected chi connectivity index (χ3v) is 1.32. The Morgan fingerprint density at radius 3 is 3.10 bits per heavy atom. The standard InChI is InChI=1S/C6H3NO2S/c8-6(9)2-1-5-3-10-4-7-5/h3-4H,(H,8,9). The number of thiazole rings is 1. The SMILES string of the molecule is O=C(O)C#Cc1cscn1. The number of carboxylic acid groups (broad SMARTS) is 1. The van der Waals surface area contributed by atoms with E-state index in [9.17, 15) is 4.79 Å². The van der Waals surface area contributed by atoms with E-state index < -0.39 is 5.97 Å². The zero-order valence-electron chi connectivity index (χ0n) is 4.87. The molecular formula is C6H3NO2S. The van der Waals surface area contributed by atoms with Crippen LogP contribution in [0.15, 0.2) is 10.9 Å². The van der Waals surface area contributed by atoms with Gasteiger partial charge in [0, 0.05) is 11.3 Å². The Balaban J connectivity index is 2.75. The third kappa shape index (κ3) is 1.88. The summed E-state index contributed by atoms with van der Waals surface area (Å²) in [6.45, 7) is 0. The number of aromatic nitrogens is 1. The Hall–Kier alpha value is -1.34. The average molecular weight is 153 g/mol. The molecular weight excluding hydrogens is 150 g/mol. The van der Waals surface area contributed by atoms with Crippen LogP contribution in [0.25, 0.3) is 0 Å². The van der Waals surface area contributed by atoms with E-state index in [0.717, 1.165) is 0 Å². The minimum Gasteiger partial charge on any atom is -0.472 e. The zero-order valence-corrected chi connectivity index (χ0v) is 5.68. The van der Waals surface area contributed by atoms with E-state index in [1.807, 2.05) is 5.92 Å². The molecule has 1 heterocycles. The van der Waals surface area contributed by atoms with Gasteiger partial charge in [-0.15, -0.1) is 11.3 Å². The largest absolute Gasteiger partial charge is 0.472 e. The van der Waals surface area contributed by atoms with Crippen LogP contribution in [0.1, 0.15) is 5.69 Å². The van der Waals surface area contributed by atoms with Gasteiger partial charge in [0.15, 0.2) is 0 Å². The summed E-state index contributed by atoms with van der Waals surface area (Å²) in [6, 6.07) is 0. The van der Waals surface area contributed by atoms with Crippen molar-refractivity contribution in [2.75, 3.05) is 0 Å². The summed E-state index contributed by atoms with van der Waals surface area (Å²) in [6.07, 6.45) is 0. The number of rotatable bonds is 0. The predicted octanol–water partition coefficient (Wildman–Crippen LogP) is 0.579. The molecule has 1 aromatic rings. The second kappa shape index (κ2) is 2.99. The smallest absolute Gasteiger partial charge is 0.382 e. The summed E-state index contributed by atoms with van der Waals surface area (Å²) in [5.74, 6) is 3.20. The summed E-state index contributed by atoms with van der Waals surface area (Å²) >= 11 is 1.38. The van der Waals surface area contributed by atoms with Gasteiger partial charge >= 0.3 is 5.97 Å². The lowest BCUT2D eigenvalue weighted by atomic mass is 10.5. The van der Waals surface area contributed by atoms with Crippen LogP contribution >= 0.6 is 11.3 Å². The number of hydrogen-bond donors (Lipinski definition) is 1. The third-order valence-electron chi connectivity index (χ3n) is 0.730. The van der Waals surface area contributed by atoms with Crippen LogP contribution in [0, 0.1) is 11.8 Å². The van der Waals surface area contributed by atoms with Crippen molar-refractivity contribution >= 4 is 17.3 Å². The highest BCUT2D eigenvalue weighted by atomic mass is 32.1. The molecule has 0 fully saturated rings. The summed E-state index contributed by atoms with van der Waals surface area (Å²) < 4.78 is 0. The molecule has 0 radical (unpaired) electrons. The predicted molar refractivity (Wildman–Crippen MR) is 36.6 cm³/mol. The summed E-state index contributed by atoms with van der Waals surface area (Å²) in [7, 11) is 0. The molecule has 0 spiro atoms. The van der Waals surface area contributed by atoms with Crippen LogP contribution in [-0.4, -0.2) is 16.1 Å². The molecule has 0 saturated heterocycles. The van der Waals surface area contributed by atoms with Crippen LogP contribution in [0.5, 0.6) is 0 Å². The molecule has 0 unspecified atom stereocenters. The van der Waals surface area contributed by atoms with Crippen molar-refractivity contribution < 1.29 is 9.90 Å². The Bertz CT molecular complexity index is 280. The highest BCUT2D eigenvalue weighted by molar-refractivity contribution is 7.07. The molecule has 4 heteroatoms. The number of carboxylic acids is 1. The molecule has 10 heavy (non-hydrogen) atoms. The van der Waals surface area contributed by atoms with Gasteiger partial charge in [0.2, 0.25) is 0 Å². The highest BCUT2D eigenvalue weighted by Gasteiger charge is 1.87. The van der Waals surface area contributed by atoms with Crippen molar-refractivity contribution in [2.45, 2.75) is 0 Å². The van der Waals surface area contributed by atoms with Crippen LogP contribution in [-0.2, 0) is 4.79 Å². The van der Waals surface area contributed by atoms with Crippen molar-refractivity contribution in [1.29, 1.82) is 0 Å². The van der Waals surface area contributed by atoms with Crippen molar-refractivity contribution in [3.63, 3.8) is 0 Å². The molecule has 0 atom stereocenters. The molecule has 1 aromatic heterocycles. The quantitative estimate of drug-likeness (QED) is 0.554. The van der Waals surface area contributed by atoms with Crippen LogP contribution in [0.3, 0.4) is 0 Å². The molecule has 0 amide bonds. The van der Waals surface area contributed by atoms with Gasteiger partial charge in [-0.25, -0.2) is 9.78 Å². The van der Waals surface area contributed by atoms with E-state index in [2.05, 4.69) is 10.9 Å². The molecule has 1 rings (SSSR count). The Morgan fingerprint density at radius 1 is 1.80 bits per heavy atom. The van der Waals surface area contributed by atoms with Gasteiger partial charge in [-0.2, -0.15) is 0 Å². The van der Waals surface area contributed by atoms with Gasteiger partial charge < -0.3 is 5.11 Å². The first kappa shape index (κ1) is 6.78. The topological polar surface area (TPSA) is 50.2 Å². The second-order valence-corrected chi connectivity index (χ2v) is 2.15. The molecule has 0 saturated carbocycles. The Morgan fingerprint density at radius 2 is 2.60 bits per heavy atom. The van der Waals surface area contributed by atoms with Crippen molar-refractivity contribution in [2.24, 2.45) is 0 Å². The highest BCUT2D eigenvalue weighted by Crippen LogP contribution is 1.97. The van der Waals surface area contributed by atoms with Gasteiger partial charge in [-0.1, -0.05) is 0 Å².